The number of aromatic nitrogens is 2. The molecule has 0 unspecified atom stereocenters. The number of benzene rings is 1. The fourth-order valence-electron chi connectivity index (χ4n) is 3.76. The summed E-state index contributed by atoms with van der Waals surface area (Å²) in [5.41, 5.74) is 7.11. The van der Waals surface area contributed by atoms with Crippen LogP contribution in [0.15, 0.2) is 30.5 Å². The lowest BCUT2D eigenvalue weighted by molar-refractivity contribution is 0.248. The molecule has 0 radical (unpaired) electrons. The number of nitrogens with two attached hydrogens (primary N) is 1. The molecule has 1 heterocycles. The molecule has 1 aromatic carbocycles. The third kappa shape index (κ3) is 4.49. The number of nitrogens with zero attached hydrogens (tertiary/aromatic N) is 4. The second-order valence-corrected chi connectivity index (χ2v) is 7.43. The summed E-state index contributed by atoms with van der Waals surface area (Å²) in [5.74, 6) is 1.11. The summed E-state index contributed by atoms with van der Waals surface area (Å²) in [7, 11) is 3.91. The molecule has 3 N–H and O–H groups in total. The van der Waals surface area contributed by atoms with Crippen molar-refractivity contribution >= 4 is 23.5 Å². The predicted octanol–water partition coefficient (Wildman–Crippen LogP) is 3.30. The van der Waals surface area contributed by atoms with E-state index in [9.17, 15) is 9.18 Å². The molecule has 0 bridgehead atoms. The van der Waals surface area contributed by atoms with E-state index in [0.717, 1.165) is 37.1 Å². The lowest BCUT2D eigenvalue weighted by Crippen LogP contribution is -2.46. The summed E-state index contributed by atoms with van der Waals surface area (Å²) in [6.45, 7) is 1.98. The molecule has 1 aliphatic rings. The summed E-state index contributed by atoms with van der Waals surface area (Å²) in [6.07, 6.45) is 5.04. The number of nitrogens with one attached hydrogen (secondary N) is 1. The van der Waals surface area contributed by atoms with E-state index < -0.39 is 6.03 Å². The molecule has 3 rings (SSSR count). The highest BCUT2D eigenvalue weighted by molar-refractivity contribution is 5.91. The van der Waals surface area contributed by atoms with E-state index >= 15 is 0 Å². The van der Waals surface area contributed by atoms with E-state index in [-0.39, 0.29) is 17.9 Å². The van der Waals surface area contributed by atoms with Gasteiger partial charge in [0.15, 0.2) is 0 Å². The van der Waals surface area contributed by atoms with Gasteiger partial charge in [-0.1, -0.05) is 6.07 Å². The molecule has 0 aliphatic heterocycles. The van der Waals surface area contributed by atoms with Gasteiger partial charge in [-0.25, -0.2) is 14.2 Å². The third-order valence-electron chi connectivity index (χ3n) is 5.09. The van der Waals surface area contributed by atoms with Gasteiger partial charge in [-0.05, 0) is 50.8 Å². The fraction of sp³-hybridized carbons (Fsp3) is 0.450. The zero-order valence-corrected chi connectivity index (χ0v) is 16.5. The molecule has 8 heteroatoms. The Bertz CT molecular complexity index is 835. The van der Waals surface area contributed by atoms with Crippen LogP contribution in [-0.2, 0) is 0 Å². The Labute approximate surface area is 164 Å². The van der Waals surface area contributed by atoms with Crippen LogP contribution >= 0.6 is 0 Å². The number of hydrogen-bond donors (Lipinski definition) is 2. The summed E-state index contributed by atoms with van der Waals surface area (Å²) in [5, 5.41) is 3.40. The van der Waals surface area contributed by atoms with E-state index in [1.165, 1.54) is 17.0 Å². The van der Waals surface area contributed by atoms with Crippen molar-refractivity contribution in [3.63, 3.8) is 0 Å². The normalized spacial score (nSPS) is 19.1. The topological polar surface area (TPSA) is 87.4 Å². The maximum absolute atomic E-state index is 13.6. The van der Waals surface area contributed by atoms with Crippen LogP contribution in [0.4, 0.5) is 26.6 Å². The van der Waals surface area contributed by atoms with Crippen LogP contribution in [0.5, 0.6) is 0 Å². The number of halogens is 1. The summed E-state index contributed by atoms with van der Waals surface area (Å²) >= 11 is 0. The Morgan fingerprint density at radius 3 is 2.57 bits per heavy atom. The number of carbonyl (C=O) groups is 1. The van der Waals surface area contributed by atoms with Gasteiger partial charge in [0.25, 0.3) is 0 Å². The average Bonchev–Trinajstić information content (AvgIpc) is 2.64. The molecule has 0 atom stereocenters. The van der Waals surface area contributed by atoms with Crippen molar-refractivity contribution in [2.75, 3.05) is 29.2 Å². The molecule has 7 nitrogen and oxygen atoms in total. The van der Waals surface area contributed by atoms with Crippen molar-refractivity contribution in [3.05, 3.63) is 41.8 Å². The maximum Gasteiger partial charge on any atom is 0.319 e. The number of anilines is 3. The van der Waals surface area contributed by atoms with Crippen LogP contribution < -0.4 is 20.9 Å². The number of primary amides is 1. The second-order valence-electron chi connectivity index (χ2n) is 7.43. The third-order valence-corrected chi connectivity index (χ3v) is 5.09. The molecule has 2 aromatic rings. The molecule has 2 amide bonds. The van der Waals surface area contributed by atoms with Crippen molar-refractivity contribution in [1.82, 2.24) is 9.97 Å². The molecule has 150 valence electrons. The lowest BCUT2D eigenvalue weighted by atomic mass is 9.90. The van der Waals surface area contributed by atoms with Gasteiger partial charge in [0.1, 0.15) is 11.6 Å². The zero-order valence-electron chi connectivity index (χ0n) is 16.5. The zero-order chi connectivity index (χ0) is 20.3. The fourth-order valence-corrected chi connectivity index (χ4v) is 3.76. The van der Waals surface area contributed by atoms with Crippen molar-refractivity contribution in [2.45, 2.75) is 44.7 Å². The second kappa shape index (κ2) is 8.41. The SMILES string of the molecule is Cc1cnc(NC2CCC(N(C(N)=O)c3cccc(F)c3)CC2)nc1N(C)C. The number of hydrogen-bond acceptors (Lipinski definition) is 5. The number of rotatable bonds is 5. The first-order chi connectivity index (χ1) is 13.3. The van der Waals surface area contributed by atoms with Crippen LogP contribution in [0, 0.1) is 12.7 Å². The summed E-state index contributed by atoms with van der Waals surface area (Å²) in [6, 6.07) is 5.61. The van der Waals surface area contributed by atoms with Gasteiger partial charge < -0.3 is 16.0 Å². The van der Waals surface area contributed by atoms with Crippen LogP contribution in [0.25, 0.3) is 0 Å². The number of aryl methyl sites for hydroxylation is 1. The van der Waals surface area contributed by atoms with Gasteiger partial charge in [-0.3, -0.25) is 4.90 Å². The molecule has 0 spiro atoms. The first-order valence-corrected chi connectivity index (χ1v) is 9.47. The quantitative estimate of drug-likeness (QED) is 0.823. The van der Waals surface area contributed by atoms with Gasteiger partial charge in [-0.15, -0.1) is 0 Å². The number of urea groups is 1. The molecule has 1 aromatic heterocycles. The van der Waals surface area contributed by atoms with E-state index in [2.05, 4.69) is 15.3 Å². The van der Waals surface area contributed by atoms with E-state index in [1.807, 2.05) is 32.1 Å². The van der Waals surface area contributed by atoms with Crippen molar-refractivity contribution in [2.24, 2.45) is 5.73 Å². The van der Waals surface area contributed by atoms with Gasteiger partial charge in [0.05, 0.1) is 0 Å². The first kappa shape index (κ1) is 19.9. The Kier molecular flexibility index (Phi) is 5.96. The van der Waals surface area contributed by atoms with Gasteiger partial charge >= 0.3 is 6.03 Å². The molecule has 1 aliphatic carbocycles. The molecular formula is C20H27FN6O. The molecular weight excluding hydrogens is 359 g/mol. The van der Waals surface area contributed by atoms with E-state index in [0.29, 0.717) is 11.6 Å². The monoisotopic (exact) mass is 386 g/mol. The predicted molar refractivity (Wildman–Crippen MR) is 109 cm³/mol. The summed E-state index contributed by atoms with van der Waals surface area (Å²) < 4.78 is 13.6. The van der Waals surface area contributed by atoms with Crippen molar-refractivity contribution in [3.8, 4) is 0 Å². The highest BCUT2D eigenvalue weighted by Gasteiger charge is 2.29. The van der Waals surface area contributed by atoms with Crippen LogP contribution in [-0.4, -0.2) is 42.2 Å². The minimum Gasteiger partial charge on any atom is -0.362 e. The Morgan fingerprint density at radius 2 is 1.96 bits per heavy atom. The maximum atomic E-state index is 13.6. The number of amides is 2. The van der Waals surface area contributed by atoms with Gasteiger partial charge in [0.2, 0.25) is 5.95 Å². The molecule has 1 saturated carbocycles. The van der Waals surface area contributed by atoms with Crippen molar-refractivity contribution in [1.29, 1.82) is 0 Å². The first-order valence-electron chi connectivity index (χ1n) is 9.47. The molecule has 1 fully saturated rings. The lowest BCUT2D eigenvalue weighted by Gasteiger charge is -2.36. The Balaban J connectivity index is 1.65. The standard InChI is InChI=1S/C20H27FN6O/c1-13-12-23-20(25-18(13)26(2)3)24-15-7-9-16(10-8-15)27(19(22)28)17-6-4-5-14(21)11-17/h4-6,11-12,15-16H,7-10H2,1-3H3,(H2,22,28)(H,23,24,25). The molecule has 0 saturated heterocycles. The highest BCUT2D eigenvalue weighted by Crippen LogP contribution is 2.29. The van der Waals surface area contributed by atoms with Crippen LogP contribution in [0.2, 0.25) is 0 Å². The average molecular weight is 386 g/mol. The minimum atomic E-state index is -0.556. The Morgan fingerprint density at radius 1 is 1.25 bits per heavy atom. The van der Waals surface area contributed by atoms with E-state index in [4.69, 9.17) is 5.73 Å². The summed E-state index contributed by atoms with van der Waals surface area (Å²) in [4.78, 5) is 24.4. The van der Waals surface area contributed by atoms with E-state index in [1.54, 1.807) is 12.1 Å². The number of carbonyl (C=O) groups excluding carboxylic acids is 1. The highest BCUT2D eigenvalue weighted by atomic mass is 19.1. The van der Waals surface area contributed by atoms with Gasteiger partial charge in [-0.2, -0.15) is 4.98 Å². The molecule has 28 heavy (non-hydrogen) atoms. The Hall–Kier alpha value is -2.90. The van der Waals surface area contributed by atoms with Crippen LogP contribution in [0.1, 0.15) is 31.2 Å². The van der Waals surface area contributed by atoms with Crippen LogP contribution in [0.3, 0.4) is 0 Å². The van der Waals surface area contributed by atoms with Crippen molar-refractivity contribution < 1.29 is 9.18 Å². The largest absolute Gasteiger partial charge is 0.362 e. The van der Waals surface area contributed by atoms with Gasteiger partial charge in [0, 0.05) is 43.6 Å². The minimum absolute atomic E-state index is 0.0476. The smallest absolute Gasteiger partial charge is 0.319 e.